The molecule has 0 aliphatic carbocycles. The quantitative estimate of drug-likeness (QED) is 0.544. The number of halogens is 4. The van der Waals surface area contributed by atoms with Crippen molar-refractivity contribution in [2.45, 2.75) is 38.5 Å². The first-order valence-corrected chi connectivity index (χ1v) is 7.07. The average molecular weight is 307 g/mol. The third kappa shape index (κ3) is 8.02. The van der Waals surface area contributed by atoms with E-state index in [1.54, 1.807) is 12.1 Å². The van der Waals surface area contributed by atoms with E-state index in [1.807, 2.05) is 6.92 Å². The average Bonchev–Trinajstić information content (AvgIpc) is 2.41. The summed E-state index contributed by atoms with van der Waals surface area (Å²) in [7, 11) is 0. The predicted octanol–water partition coefficient (Wildman–Crippen LogP) is 4.23. The zero-order chi connectivity index (χ0) is 15.7. The Kier molecular flexibility index (Phi) is 7.67. The van der Waals surface area contributed by atoms with Crippen LogP contribution in [0.3, 0.4) is 0 Å². The second-order valence-electron chi connectivity index (χ2n) is 4.83. The molecule has 2 nitrogen and oxygen atoms in total. The fourth-order valence-electron chi connectivity index (χ4n) is 1.86. The van der Waals surface area contributed by atoms with Gasteiger partial charge < -0.3 is 10.1 Å². The van der Waals surface area contributed by atoms with Gasteiger partial charge in [-0.1, -0.05) is 19.1 Å². The van der Waals surface area contributed by atoms with Crippen molar-refractivity contribution in [2.24, 2.45) is 0 Å². The van der Waals surface area contributed by atoms with Crippen molar-refractivity contribution in [1.29, 1.82) is 0 Å². The zero-order valence-electron chi connectivity index (χ0n) is 12.0. The number of benzene rings is 1. The number of alkyl halides is 3. The molecule has 1 atom stereocenters. The molecule has 0 heterocycles. The SMILES string of the molecule is CCCNCC(OCCCC(F)(F)F)c1ccc(F)cc1. The van der Waals surface area contributed by atoms with E-state index < -0.39 is 12.6 Å². The maximum absolute atomic E-state index is 12.9. The van der Waals surface area contributed by atoms with E-state index in [2.05, 4.69) is 5.32 Å². The van der Waals surface area contributed by atoms with Gasteiger partial charge in [0, 0.05) is 19.6 Å². The highest BCUT2D eigenvalue weighted by molar-refractivity contribution is 5.19. The van der Waals surface area contributed by atoms with Crippen LogP contribution >= 0.6 is 0 Å². The lowest BCUT2D eigenvalue weighted by Gasteiger charge is -2.19. The first-order chi connectivity index (χ1) is 9.92. The second kappa shape index (κ2) is 9.00. The van der Waals surface area contributed by atoms with E-state index in [9.17, 15) is 17.6 Å². The summed E-state index contributed by atoms with van der Waals surface area (Å²) in [6, 6.07) is 5.83. The van der Waals surface area contributed by atoms with Crippen LogP contribution in [0.25, 0.3) is 0 Å². The molecule has 1 aromatic carbocycles. The highest BCUT2D eigenvalue weighted by Crippen LogP contribution is 2.23. The first kappa shape index (κ1) is 17.9. The van der Waals surface area contributed by atoms with Crippen molar-refractivity contribution < 1.29 is 22.3 Å². The highest BCUT2D eigenvalue weighted by atomic mass is 19.4. The lowest BCUT2D eigenvalue weighted by atomic mass is 10.1. The Morgan fingerprint density at radius 3 is 2.43 bits per heavy atom. The minimum absolute atomic E-state index is 0.0232. The molecule has 0 aliphatic rings. The van der Waals surface area contributed by atoms with E-state index in [-0.39, 0.29) is 24.9 Å². The van der Waals surface area contributed by atoms with Gasteiger partial charge in [-0.25, -0.2) is 4.39 Å². The first-order valence-electron chi connectivity index (χ1n) is 7.07. The summed E-state index contributed by atoms with van der Waals surface area (Å²) in [5, 5.41) is 3.16. The van der Waals surface area contributed by atoms with Gasteiger partial charge in [0.1, 0.15) is 5.82 Å². The smallest absolute Gasteiger partial charge is 0.372 e. The molecular formula is C15H21F4NO. The van der Waals surface area contributed by atoms with Crippen LogP contribution in [-0.4, -0.2) is 25.9 Å². The molecule has 0 aliphatic heterocycles. The number of ether oxygens (including phenoxy) is 1. The van der Waals surface area contributed by atoms with E-state index in [0.717, 1.165) is 18.5 Å². The third-order valence-electron chi connectivity index (χ3n) is 2.92. The van der Waals surface area contributed by atoms with Gasteiger partial charge >= 0.3 is 6.18 Å². The van der Waals surface area contributed by atoms with E-state index in [0.29, 0.717) is 6.54 Å². The molecule has 1 unspecified atom stereocenters. The summed E-state index contributed by atoms with van der Waals surface area (Å²) in [5.41, 5.74) is 0.756. The number of nitrogens with one attached hydrogen (secondary N) is 1. The lowest BCUT2D eigenvalue weighted by Crippen LogP contribution is -2.24. The Balaban J connectivity index is 2.50. The largest absolute Gasteiger partial charge is 0.389 e. The summed E-state index contributed by atoms with van der Waals surface area (Å²) in [6.07, 6.45) is -4.51. The van der Waals surface area contributed by atoms with Crippen LogP contribution in [0.1, 0.15) is 37.9 Å². The Morgan fingerprint density at radius 1 is 1.19 bits per heavy atom. The summed E-state index contributed by atoms with van der Waals surface area (Å²) < 4.78 is 54.7. The fraction of sp³-hybridized carbons (Fsp3) is 0.600. The maximum atomic E-state index is 12.9. The summed E-state index contributed by atoms with van der Waals surface area (Å²) in [4.78, 5) is 0. The fourth-order valence-corrected chi connectivity index (χ4v) is 1.86. The van der Waals surface area contributed by atoms with Crippen molar-refractivity contribution in [3.63, 3.8) is 0 Å². The van der Waals surface area contributed by atoms with Crippen LogP contribution in [-0.2, 0) is 4.74 Å². The normalized spacial score (nSPS) is 13.4. The lowest BCUT2D eigenvalue weighted by molar-refractivity contribution is -0.138. The molecule has 120 valence electrons. The van der Waals surface area contributed by atoms with E-state index in [4.69, 9.17) is 4.74 Å². The van der Waals surface area contributed by atoms with Crippen molar-refractivity contribution in [2.75, 3.05) is 19.7 Å². The Hall–Kier alpha value is -1.14. The molecule has 0 aromatic heterocycles. The van der Waals surface area contributed by atoms with Crippen molar-refractivity contribution in [1.82, 2.24) is 5.32 Å². The molecule has 21 heavy (non-hydrogen) atoms. The molecule has 1 rings (SSSR count). The molecule has 0 bridgehead atoms. The van der Waals surface area contributed by atoms with E-state index in [1.165, 1.54) is 12.1 Å². The Labute approximate surface area is 122 Å². The highest BCUT2D eigenvalue weighted by Gasteiger charge is 2.26. The van der Waals surface area contributed by atoms with Gasteiger partial charge in [0.15, 0.2) is 0 Å². The van der Waals surface area contributed by atoms with Crippen LogP contribution in [0.5, 0.6) is 0 Å². The van der Waals surface area contributed by atoms with Gasteiger partial charge in [-0.3, -0.25) is 0 Å². The van der Waals surface area contributed by atoms with Crippen molar-refractivity contribution in [3.05, 3.63) is 35.6 Å². The molecule has 0 saturated heterocycles. The van der Waals surface area contributed by atoms with Crippen LogP contribution in [0, 0.1) is 5.82 Å². The van der Waals surface area contributed by atoms with Gasteiger partial charge in [0.05, 0.1) is 6.10 Å². The van der Waals surface area contributed by atoms with Gasteiger partial charge in [-0.15, -0.1) is 0 Å². The number of hydrogen-bond acceptors (Lipinski definition) is 2. The summed E-state index contributed by atoms with van der Waals surface area (Å²) in [6.45, 7) is 3.33. The maximum Gasteiger partial charge on any atom is 0.389 e. The molecular weight excluding hydrogens is 286 g/mol. The molecule has 0 saturated carbocycles. The van der Waals surface area contributed by atoms with Gasteiger partial charge in [0.25, 0.3) is 0 Å². The van der Waals surface area contributed by atoms with Crippen LogP contribution in [0.15, 0.2) is 24.3 Å². The number of rotatable bonds is 9. The minimum atomic E-state index is -4.16. The standard InChI is InChI=1S/C15H21F4NO/c1-2-9-20-11-14(12-4-6-13(16)7-5-12)21-10-3-8-15(17,18)19/h4-7,14,20H,2-3,8-11H2,1H3. The van der Waals surface area contributed by atoms with Gasteiger partial charge in [0.2, 0.25) is 0 Å². The zero-order valence-corrected chi connectivity index (χ0v) is 12.0. The van der Waals surface area contributed by atoms with Crippen LogP contribution in [0.4, 0.5) is 17.6 Å². The van der Waals surface area contributed by atoms with Crippen LogP contribution < -0.4 is 5.32 Å². The molecule has 1 N–H and O–H groups in total. The molecule has 0 amide bonds. The predicted molar refractivity (Wildman–Crippen MR) is 73.5 cm³/mol. The Bertz CT molecular complexity index is 392. The topological polar surface area (TPSA) is 21.3 Å². The van der Waals surface area contributed by atoms with Crippen molar-refractivity contribution in [3.8, 4) is 0 Å². The molecule has 0 spiro atoms. The number of hydrogen-bond donors (Lipinski definition) is 1. The second-order valence-corrected chi connectivity index (χ2v) is 4.83. The van der Waals surface area contributed by atoms with E-state index >= 15 is 0 Å². The Morgan fingerprint density at radius 2 is 1.86 bits per heavy atom. The minimum Gasteiger partial charge on any atom is -0.372 e. The van der Waals surface area contributed by atoms with Gasteiger partial charge in [-0.05, 0) is 37.1 Å². The third-order valence-corrected chi connectivity index (χ3v) is 2.92. The van der Waals surface area contributed by atoms with Gasteiger partial charge in [-0.2, -0.15) is 13.2 Å². The monoisotopic (exact) mass is 307 g/mol. The molecule has 0 fully saturated rings. The molecule has 0 radical (unpaired) electrons. The molecule has 6 heteroatoms. The summed E-state index contributed by atoms with van der Waals surface area (Å²) in [5.74, 6) is -0.351. The summed E-state index contributed by atoms with van der Waals surface area (Å²) >= 11 is 0. The van der Waals surface area contributed by atoms with Crippen molar-refractivity contribution >= 4 is 0 Å². The van der Waals surface area contributed by atoms with Crippen LogP contribution in [0.2, 0.25) is 0 Å². The molecule has 1 aromatic rings.